The van der Waals surface area contributed by atoms with Crippen molar-refractivity contribution < 1.29 is 4.39 Å². The van der Waals surface area contributed by atoms with Gasteiger partial charge in [0.25, 0.3) is 0 Å². The van der Waals surface area contributed by atoms with Gasteiger partial charge in [0.1, 0.15) is 5.82 Å². The van der Waals surface area contributed by atoms with E-state index in [1.807, 2.05) is 19.1 Å². The summed E-state index contributed by atoms with van der Waals surface area (Å²) in [7, 11) is 0. The van der Waals surface area contributed by atoms with Crippen LogP contribution in [0.3, 0.4) is 0 Å². The van der Waals surface area contributed by atoms with Gasteiger partial charge in [-0.1, -0.05) is 0 Å². The molecule has 17 heavy (non-hydrogen) atoms. The number of halogens is 1. The van der Waals surface area contributed by atoms with E-state index in [9.17, 15) is 4.39 Å². The van der Waals surface area contributed by atoms with Crippen LogP contribution in [-0.2, 0) is 0 Å². The number of rotatable bonds is 3. The van der Waals surface area contributed by atoms with Crippen LogP contribution in [0.1, 0.15) is 6.92 Å². The van der Waals surface area contributed by atoms with Crippen LogP contribution >= 0.6 is 0 Å². The Morgan fingerprint density at radius 1 is 1.18 bits per heavy atom. The first-order valence-corrected chi connectivity index (χ1v) is 6.13. The van der Waals surface area contributed by atoms with Gasteiger partial charge in [0.15, 0.2) is 0 Å². The summed E-state index contributed by atoms with van der Waals surface area (Å²) in [6.45, 7) is 7.01. The summed E-state index contributed by atoms with van der Waals surface area (Å²) in [6, 6.07) is 6.95. The van der Waals surface area contributed by atoms with E-state index in [-0.39, 0.29) is 11.9 Å². The van der Waals surface area contributed by atoms with E-state index in [2.05, 4.69) is 9.80 Å². The molecule has 1 fully saturated rings. The third-order valence-corrected chi connectivity index (χ3v) is 3.11. The minimum absolute atomic E-state index is 0.177. The molecule has 1 aliphatic rings. The summed E-state index contributed by atoms with van der Waals surface area (Å²) < 4.78 is 12.8. The first-order valence-electron chi connectivity index (χ1n) is 6.13. The number of piperazine rings is 1. The predicted molar refractivity (Wildman–Crippen MR) is 68.7 cm³/mol. The number of hydrogen-bond acceptors (Lipinski definition) is 3. The van der Waals surface area contributed by atoms with Crippen molar-refractivity contribution in [2.75, 3.05) is 37.6 Å². The number of nitrogens with zero attached hydrogens (tertiary/aromatic N) is 2. The van der Waals surface area contributed by atoms with Crippen molar-refractivity contribution in [1.29, 1.82) is 0 Å². The van der Waals surface area contributed by atoms with Crippen LogP contribution in [0.15, 0.2) is 24.3 Å². The van der Waals surface area contributed by atoms with Gasteiger partial charge in [-0.15, -0.1) is 0 Å². The monoisotopic (exact) mass is 237 g/mol. The molecule has 0 spiro atoms. The Kier molecular flexibility index (Phi) is 3.97. The summed E-state index contributed by atoms with van der Waals surface area (Å²) in [5.41, 5.74) is 6.89. The number of anilines is 1. The molecule has 4 heteroatoms. The molecule has 0 aliphatic carbocycles. The Bertz CT molecular complexity index is 342. The van der Waals surface area contributed by atoms with Crippen LogP contribution in [0.2, 0.25) is 0 Å². The average molecular weight is 237 g/mol. The van der Waals surface area contributed by atoms with Gasteiger partial charge in [-0.2, -0.15) is 0 Å². The van der Waals surface area contributed by atoms with Gasteiger partial charge in [-0.05, 0) is 31.2 Å². The molecule has 1 aromatic carbocycles. The van der Waals surface area contributed by atoms with E-state index >= 15 is 0 Å². The summed E-state index contributed by atoms with van der Waals surface area (Å²) >= 11 is 0. The third-order valence-electron chi connectivity index (χ3n) is 3.11. The van der Waals surface area contributed by atoms with Gasteiger partial charge >= 0.3 is 0 Å². The van der Waals surface area contributed by atoms with Crippen LogP contribution < -0.4 is 10.6 Å². The molecule has 3 nitrogen and oxygen atoms in total. The smallest absolute Gasteiger partial charge is 0.123 e. The van der Waals surface area contributed by atoms with E-state index < -0.39 is 0 Å². The largest absolute Gasteiger partial charge is 0.369 e. The molecule has 1 aliphatic heterocycles. The van der Waals surface area contributed by atoms with Crippen molar-refractivity contribution in [3.05, 3.63) is 30.1 Å². The number of hydrogen-bond donors (Lipinski definition) is 1. The maximum absolute atomic E-state index is 12.8. The minimum Gasteiger partial charge on any atom is -0.369 e. The van der Waals surface area contributed by atoms with Crippen molar-refractivity contribution in [3.63, 3.8) is 0 Å². The van der Waals surface area contributed by atoms with Gasteiger partial charge in [-0.3, -0.25) is 4.90 Å². The summed E-state index contributed by atoms with van der Waals surface area (Å²) in [4.78, 5) is 4.67. The van der Waals surface area contributed by atoms with E-state index in [1.165, 1.54) is 12.1 Å². The van der Waals surface area contributed by atoms with Gasteiger partial charge in [0, 0.05) is 44.5 Å². The Morgan fingerprint density at radius 3 is 2.29 bits per heavy atom. The lowest BCUT2D eigenvalue weighted by Gasteiger charge is -2.36. The molecule has 0 radical (unpaired) electrons. The van der Waals surface area contributed by atoms with Crippen molar-refractivity contribution in [1.82, 2.24) is 4.90 Å². The first-order chi connectivity index (χ1) is 8.15. The quantitative estimate of drug-likeness (QED) is 0.860. The van der Waals surface area contributed by atoms with E-state index in [4.69, 9.17) is 5.73 Å². The molecule has 2 N–H and O–H groups in total. The number of benzene rings is 1. The highest BCUT2D eigenvalue weighted by Crippen LogP contribution is 2.16. The van der Waals surface area contributed by atoms with Crippen molar-refractivity contribution >= 4 is 5.69 Å². The average Bonchev–Trinajstić information content (AvgIpc) is 2.30. The van der Waals surface area contributed by atoms with Gasteiger partial charge in [-0.25, -0.2) is 4.39 Å². The Morgan fingerprint density at radius 2 is 1.76 bits per heavy atom. The molecule has 0 saturated carbocycles. The SMILES string of the molecule is CC(N)CN1CCN(c2ccc(F)cc2)CC1. The lowest BCUT2D eigenvalue weighted by Crippen LogP contribution is -2.49. The molecule has 1 aromatic rings. The van der Waals surface area contributed by atoms with Crippen molar-refractivity contribution in [2.45, 2.75) is 13.0 Å². The van der Waals surface area contributed by atoms with E-state index in [0.29, 0.717) is 0 Å². The van der Waals surface area contributed by atoms with Crippen molar-refractivity contribution in [2.24, 2.45) is 5.73 Å². The summed E-state index contributed by atoms with van der Waals surface area (Å²) in [6.07, 6.45) is 0. The highest BCUT2D eigenvalue weighted by Gasteiger charge is 2.17. The molecule has 0 aromatic heterocycles. The molecular weight excluding hydrogens is 217 g/mol. The van der Waals surface area contributed by atoms with E-state index in [1.54, 1.807) is 0 Å². The molecule has 0 bridgehead atoms. The molecule has 0 amide bonds. The Hall–Kier alpha value is -1.13. The maximum Gasteiger partial charge on any atom is 0.123 e. The third kappa shape index (κ3) is 3.41. The fourth-order valence-corrected chi connectivity index (χ4v) is 2.25. The highest BCUT2D eigenvalue weighted by atomic mass is 19.1. The Labute approximate surface area is 102 Å². The fourth-order valence-electron chi connectivity index (χ4n) is 2.25. The zero-order valence-corrected chi connectivity index (χ0v) is 10.3. The molecule has 2 rings (SSSR count). The van der Waals surface area contributed by atoms with Gasteiger partial charge in [0.05, 0.1) is 0 Å². The minimum atomic E-state index is -0.177. The lowest BCUT2D eigenvalue weighted by atomic mass is 10.2. The van der Waals surface area contributed by atoms with Crippen LogP contribution in [-0.4, -0.2) is 43.7 Å². The normalized spacial score (nSPS) is 19.4. The second-order valence-electron chi connectivity index (χ2n) is 4.74. The molecular formula is C13H20FN3. The molecule has 1 saturated heterocycles. The van der Waals surface area contributed by atoms with Crippen LogP contribution in [0, 0.1) is 5.82 Å². The van der Waals surface area contributed by atoms with Gasteiger partial charge < -0.3 is 10.6 Å². The summed E-state index contributed by atoms with van der Waals surface area (Å²) in [5, 5.41) is 0. The molecule has 1 atom stereocenters. The molecule has 94 valence electrons. The second-order valence-corrected chi connectivity index (χ2v) is 4.74. The standard InChI is InChI=1S/C13H20FN3/c1-11(15)10-16-6-8-17(9-7-16)13-4-2-12(14)3-5-13/h2-5,11H,6-10,15H2,1H3. The van der Waals surface area contributed by atoms with Crippen LogP contribution in [0.25, 0.3) is 0 Å². The van der Waals surface area contributed by atoms with Crippen LogP contribution in [0.5, 0.6) is 0 Å². The van der Waals surface area contributed by atoms with E-state index in [0.717, 1.165) is 38.4 Å². The topological polar surface area (TPSA) is 32.5 Å². The zero-order chi connectivity index (χ0) is 12.3. The van der Waals surface area contributed by atoms with Crippen LogP contribution in [0.4, 0.5) is 10.1 Å². The number of nitrogens with two attached hydrogens (primary N) is 1. The summed E-state index contributed by atoms with van der Waals surface area (Å²) in [5.74, 6) is -0.177. The first kappa shape index (κ1) is 12.3. The molecule has 1 unspecified atom stereocenters. The predicted octanol–water partition coefficient (Wildman–Crippen LogP) is 1.29. The highest BCUT2D eigenvalue weighted by molar-refractivity contribution is 5.46. The zero-order valence-electron chi connectivity index (χ0n) is 10.3. The van der Waals surface area contributed by atoms with Gasteiger partial charge in [0.2, 0.25) is 0 Å². The maximum atomic E-state index is 12.8. The molecule has 1 heterocycles. The second kappa shape index (κ2) is 5.47. The van der Waals surface area contributed by atoms with Crippen molar-refractivity contribution in [3.8, 4) is 0 Å². The Balaban J connectivity index is 1.88. The fraction of sp³-hybridized carbons (Fsp3) is 0.538. The lowest BCUT2D eigenvalue weighted by molar-refractivity contribution is 0.247.